The fourth-order valence-corrected chi connectivity index (χ4v) is 3.58. The van der Waals surface area contributed by atoms with Crippen LogP contribution in [0.5, 0.6) is 0 Å². The van der Waals surface area contributed by atoms with Gasteiger partial charge in [-0.2, -0.15) is 0 Å². The monoisotopic (exact) mass is 309 g/mol. The van der Waals surface area contributed by atoms with Gasteiger partial charge >= 0.3 is 0 Å². The molecule has 5 heteroatoms. The minimum absolute atomic E-state index is 0.157. The molecular formula is C17H31N3O2. The number of carbonyl (C=O) groups excluding carboxylic acids is 2. The second kappa shape index (κ2) is 8.51. The van der Waals surface area contributed by atoms with Gasteiger partial charge < -0.3 is 15.5 Å². The topological polar surface area (TPSA) is 61.4 Å². The molecule has 0 spiro atoms. The van der Waals surface area contributed by atoms with E-state index in [1.165, 1.54) is 6.42 Å². The Balaban J connectivity index is 1.70. The van der Waals surface area contributed by atoms with Gasteiger partial charge in [-0.25, -0.2) is 0 Å². The number of rotatable bonds is 6. The Labute approximate surface area is 134 Å². The van der Waals surface area contributed by atoms with Crippen molar-refractivity contribution in [3.63, 3.8) is 0 Å². The van der Waals surface area contributed by atoms with Crippen molar-refractivity contribution in [3.8, 4) is 0 Å². The molecule has 0 aromatic heterocycles. The quantitative estimate of drug-likeness (QED) is 0.784. The van der Waals surface area contributed by atoms with E-state index in [1.54, 1.807) is 0 Å². The molecule has 1 unspecified atom stereocenters. The van der Waals surface area contributed by atoms with Gasteiger partial charge in [0.2, 0.25) is 11.8 Å². The molecule has 22 heavy (non-hydrogen) atoms. The largest absolute Gasteiger partial charge is 0.353 e. The molecule has 2 rings (SSSR count). The molecule has 0 aromatic rings. The predicted octanol–water partition coefficient (Wildman–Crippen LogP) is 1.67. The van der Waals surface area contributed by atoms with Crippen molar-refractivity contribution < 1.29 is 9.59 Å². The minimum Gasteiger partial charge on any atom is -0.353 e. The minimum atomic E-state index is 0.157. The standard InChI is InChI=1S/C17H31N3O2/c1-3-13(4-2)17(22)20-10-7-14(8-11-20)19-16(21)12-15-6-5-9-18-15/h13-15,18H,3-12H2,1-2H3,(H,19,21). The third-order valence-electron chi connectivity index (χ3n) is 5.10. The van der Waals surface area contributed by atoms with Crippen molar-refractivity contribution in [2.45, 2.75) is 70.9 Å². The Morgan fingerprint density at radius 1 is 1.18 bits per heavy atom. The highest BCUT2D eigenvalue weighted by Crippen LogP contribution is 2.17. The van der Waals surface area contributed by atoms with Crippen LogP contribution in [0.4, 0.5) is 0 Å². The zero-order valence-corrected chi connectivity index (χ0v) is 14.1. The first kappa shape index (κ1) is 17.3. The average Bonchev–Trinajstić information content (AvgIpc) is 3.02. The lowest BCUT2D eigenvalue weighted by Gasteiger charge is -2.34. The van der Waals surface area contributed by atoms with Crippen molar-refractivity contribution in [1.29, 1.82) is 0 Å². The van der Waals surface area contributed by atoms with Gasteiger partial charge in [-0.1, -0.05) is 13.8 Å². The summed E-state index contributed by atoms with van der Waals surface area (Å²) in [5, 5.41) is 6.50. The first-order valence-electron chi connectivity index (χ1n) is 8.95. The molecule has 2 fully saturated rings. The Morgan fingerprint density at radius 2 is 1.86 bits per heavy atom. The van der Waals surface area contributed by atoms with E-state index in [-0.39, 0.29) is 17.9 Å². The molecule has 0 aliphatic carbocycles. The normalized spacial score (nSPS) is 23.0. The van der Waals surface area contributed by atoms with Gasteiger partial charge in [-0.3, -0.25) is 9.59 Å². The highest BCUT2D eigenvalue weighted by Gasteiger charge is 2.27. The fourth-order valence-electron chi connectivity index (χ4n) is 3.58. The Hall–Kier alpha value is -1.10. The maximum absolute atomic E-state index is 12.3. The predicted molar refractivity (Wildman–Crippen MR) is 87.5 cm³/mol. The summed E-state index contributed by atoms with van der Waals surface area (Å²) in [7, 11) is 0. The van der Waals surface area contributed by atoms with Crippen molar-refractivity contribution >= 4 is 11.8 Å². The smallest absolute Gasteiger partial charge is 0.225 e. The molecule has 2 saturated heterocycles. The van der Waals surface area contributed by atoms with Gasteiger partial charge in [-0.05, 0) is 45.1 Å². The first-order valence-corrected chi connectivity index (χ1v) is 8.95. The maximum Gasteiger partial charge on any atom is 0.225 e. The number of nitrogens with one attached hydrogen (secondary N) is 2. The van der Waals surface area contributed by atoms with Crippen LogP contribution in [-0.2, 0) is 9.59 Å². The van der Waals surface area contributed by atoms with E-state index in [0.717, 1.165) is 51.7 Å². The Morgan fingerprint density at radius 3 is 2.41 bits per heavy atom. The van der Waals surface area contributed by atoms with Crippen LogP contribution in [0.15, 0.2) is 0 Å². The van der Waals surface area contributed by atoms with E-state index in [1.807, 2.05) is 4.90 Å². The summed E-state index contributed by atoms with van der Waals surface area (Å²) >= 11 is 0. The van der Waals surface area contributed by atoms with Crippen LogP contribution in [0.1, 0.15) is 58.8 Å². The van der Waals surface area contributed by atoms with Gasteiger partial charge in [0, 0.05) is 37.5 Å². The lowest BCUT2D eigenvalue weighted by atomic mass is 9.98. The summed E-state index contributed by atoms with van der Waals surface area (Å²) in [6.45, 7) is 6.75. The summed E-state index contributed by atoms with van der Waals surface area (Å²) in [6, 6.07) is 0.594. The Kier molecular flexibility index (Phi) is 6.68. The highest BCUT2D eigenvalue weighted by molar-refractivity contribution is 5.79. The lowest BCUT2D eigenvalue weighted by molar-refractivity contribution is -0.137. The summed E-state index contributed by atoms with van der Waals surface area (Å²) in [5.41, 5.74) is 0. The third-order valence-corrected chi connectivity index (χ3v) is 5.10. The van der Waals surface area contributed by atoms with Gasteiger partial charge in [0.05, 0.1) is 0 Å². The van der Waals surface area contributed by atoms with Gasteiger partial charge in [0.1, 0.15) is 0 Å². The number of likely N-dealkylation sites (tertiary alicyclic amines) is 1. The van der Waals surface area contributed by atoms with Gasteiger partial charge in [-0.15, -0.1) is 0 Å². The van der Waals surface area contributed by atoms with Crippen LogP contribution in [0.2, 0.25) is 0 Å². The molecule has 0 saturated carbocycles. The molecule has 2 heterocycles. The van der Waals surface area contributed by atoms with Crippen LogP contribution in [-0.4, -0.2) is 48.4 Å². The summed E-state index contributed by atoms with van der Waals surface area (Å²) in [4.78, 5) is 26.4. The van der Waals surface area contributed by atoms with E-state index in [4.69, 9.17) is 0 Å². The number of amides is 2. The molecule has 2 N–H and O–H groups in total. The van der Waals surface area contributed by atoms with Crippen molar-refractivity contribution in [3.05, 3.63) is 0 Å². The summed E-state index contributed by atoms with van der Waals surface area (Å²) in [6.07, 6.45) is 6.48. The number of carbonyl (C=O) groups is 2. The second-order valence-corrected chi connectivity index (χ2v) is 6.68. The number of hydrogen-bond acceptors (Lipinski definition) is 3. The van der Waals surface area contributed by atoms with E-state index in [9.17, 15) is 9.59 Å². The van der Waals surface area contributed by atoms with Crippen LogP contribution in [0, 0.1) is 5.92 Å². The first-order chi connectivity index (χ1) is 10.6. The SMILES string of the molecule is CCC(CC)C(=O)N1CCC(NC(=O)CC2CCCN2)CC1. The molecule has 0 bridgehead atoms. The van der Waals surface area contributed by atoms with E-state index in [0.29, 0.717) is 18.4 Å². The average molecular weight is 309 g/mol. The van der Waals surface area contributed by atoms with Crippen LogP contribution < -0.4 is 10.6 Å². The maximum atomic E-state index is 12.3. The Bertz CT molecular complexity index is 368. The lowest BCUT2D eigenvalue weighted by Crippen LogP contribution is -2.48. The zero-order chi connectivity index (χ0) is 15.9. The van der Waals surface area contributed by atoms with Crippen LogP contribution >= 0.6 is 0 Å². The van der Waals surface area contributed by atoms with E-state index < -0.39 is 0 Å². The molecule has 2 aliphatic heterocycles. The van der Waals surface area contributed by atoms with Crippen LogP contribution in [0.3, 0.4) is 0 Å². The fraction of sp³-hybridized carbons (Fsp3) is 0.882. The molecule has 1 atom stereocenters. The molecule has 126 valence electrons. The second-order valence-electron chi connectivity index (χ2n) is 6.68. The number of hydrogen-bond donors (Lipinski definition) is 2. The molecule has 0 radical (unpaired) electrons. The molecule has 2 amide bonds. The third kappa shape index (κ3) is 4.70. The number of piperidine rings is 1. The molecule has 0 aromatic carbocycles. The van der Waals surface area contributed by atoms with E-state index >= 15 is 0 Å². The van der Waals surface area contributed by atoms with Crippen molar-refractivity contribution in [1.82, 2.24) is 15.5 Å². The van der Waals surface area contributed by atoms with Gasteiger partial charge in [0.25, 0.3) is 0 Å². The van der Waals surface area contributed by atoms with E-state index in [2.05, 4.69) is 24.5 Å². The molecule has 5 nitrogen and oxygen atoms in total. The number of nitrogens with zero attached hydrogens (tertiary/aromatic N) is 1. The highest BCUT2D eigenvalue weighted by atomic mass is 16.2. The van der Waals surface area contributed by atoms with Crippen molar-refractivity contribution in [2.75, 3.05) is 19.6 Å². The molecular weight excluding hydrogens is 278 g/mol. The summed E-state index contributed by atoms with van der Waals surface area (Å²) in [5.74, 6) is 0.619. The van der Waals surface area contributed by atoms with Crippen molar-refractivity contribution in [2.24, 2.45) is 5.92 Å². The zero-order valence-electron chi connectivity index (χ0n) is 14.1. The van der Waals surface area contributed by atoms with Crippen LogP contribution in [0.25, 0.3) is 0 Å². The summed E-state index contributed by atoms with van der Waals surface area (Å²) < 4.78 is 0. The molecule has 2 aliphatic rings. The van der Waals surface area contributed by atoms with Gasteiger partial charge in [0.15, 0.2) is 0 Å².